The second-order valence-electron chi connectivity index (χ2n) is 5.15. The molecule has 1 aliphatic rings. The van der Waals surface area contributed by atoms with Crippen molar-refractivity contribution < 1.29 is 9.53 Å². The van der Waals surface area contributed by atoms with Gasteiger partial charge in [-0.2, -0.15) is 0 Å². The fraction of sp³-hybridized carbons (Fsp3) is 0.600. The van der Waals surface area contributed by atoms with Crippen LogP contribution in [0.25, 0.3) is 0 Å². The Labute approximate surface area is 120 Å². The standard InChI is InChI=1S/C15H23N3O2/c1-3-8-16-14-13(7-4-9-17-14)15(19)18(2)11-12-6-5-10-20-12/h4,7,9,12H,3,5-6,8,10-11H2,1-2H3,(H,16,17). The van der Waals surface area contributed by atoms with Crippen LogP contribution in [0.15, 0.2) is 18.3 Å². The van der Waals surface area contributed by atoms with Gasteiger partial charge in [-0.1, -0.05) is 6.92 Å². The first kappa shape index (κ1) is 14.8. The van der Waals surface area contributed by atoms with E-state index in [0.29, 0.717) is 17.9 Å². The summed E-state index contributed by atoms with van der Waals surface area (Å²) in [5, 5.41) is 3.20. The van der Waals surface area contributed by atoms with Gasteiger partial charge in [0, 0.05) is 32.9 Å². The molecule has 1 aromatic rings. The minimum Gasteiger partial charge on any atom is -0.376 e. The molecule has 5 heteroatoms. The molecule has 1 unspecified atom stereocenters. The highest BCUT2D eigenvalue weighted by atomic mass is 16.5. The molecule has 20 heavy (non-hydrogen) atoms. The third-order valence-electron chi connectivity index (χ3n) is 3.43. The van der Waals surface area contributed by atoms with Gasteiger partial charge in [-0.05, 0) is 31.4 Å². The van der Waals surface area contributed by atoms with Crippen LogP contribution in [0.5, 0.6) is 0 Å². The van der Waals surface area contributed by atoms with Crippen LogP contribution in [0.3, 0.4) is 0 Å². The van der Waals surface area contributed by atoms with E-state index in [1.165, 1.54) is 0 Å². The number of nitrogens with zero attached hydrogens (tertiary/aromatic N) is 2. The van der Waals surface area contributed by atoms with Gasteiger partial charge in [-0.25, -0.2) is 4.98 Å². The van der Waals surface area contributed by atoms with E-state index in [0.717, 1.165) is 32.4 Å². The maximum Gasteiger partial charge on any atom is 0.257 e. The topological polar surface area (TPSA) is 54.5 Å². The van der Waals surface area contributed by atoms with Gasteiger partial charge in [0.1, 0.15) is 5.82 Å². The first-order chi connectivity index (χ1) is 9.72. The highest BCUT2D eigenvalue weighted by Gasteiger charge is 2.22. The number of hydrogen-bond donors (Lipinski definition) is 1. The zero-order chi connectivity index (χ0) is 14.4. The number of pyridine rings is 1. The molecule has 1 aromatic heterocycles. The number of anilines is 1. The lowest BCUT2D eigenvalue weighted by molar-refractivity contribution is 0.0587. The van der Waals surface area contributed by atoms with Crippen molar-refractivity contribution in [3.63, 3.8) is 0 Å². The van der Waals surface area contributed by atoms with E-state index in [-0.39, 0.29) is 12.0 Å². The van der Waals surface area contributed by atoms with E-state index in [2.05, 4.69) is 17.2 Å². The maximum absolute atomic E-state index is 12.5. The lowest BCUT2D eigenvalue weighted by Gasteiger charge is -2.22. The number of likely N-dealkylation sites (N-methyl/N-ethyl adjacent to an activating group) is 1. The van der Waals surface area contributed by atoms with Crippen molar-refractivity contribution in [1.82, 2.24) is 9.88 Å². The summed E-state index contributed by atoms with van der Waals surface area (Å²) in [4.78, 5) is 18.5. The van der Waals surface area contributed by atoms with Crippen LogP contribution in [0.2, 0.25) is 0 Å². The summed E-state index contributed by atoms with van der Waals surface area (Å²) in [6.07, 6.45) is 4.99. The van der Waals surface area contributed by atoms with Crippen molar-refractivity contribution in [2.75, 3.05) is 32.1 Å². The predicted octanol–water partition coefficient (Wildman–Crippen LogP) is 2.15. The Morgan fingerprint density at radius 3 is 3.15 bits per heavy atom. The highest BCUT2D eigenvalue weighted by Crippen LogP contribution is 2.17. The van der Waals surface area contributed by atoms with Crippen LogP contribution in [0.1, 0.15) is 36.5 Å². The normalized spacial score (nSPS) is 18.0. The predicted molar refractivity (Wildman–Crippen MR) is 79.0 cm³/mol. The zero-order valence-corrected chi connectivity index (χ0v) is 12.3. The van der Waals surface area contributed by atoms with Crippen LogP contribution in [0, 0.1) is 0 Å². The van der Waals surface area contributed by atoms with E-state index in [1.807, 2.05) is 13.1 Å². The van der Waals surface area contributed by atoms with Gasteiger partial charge >= 0.3 is 0 Å². The largest absolute Gasteiger partial charge is 0.376 e. The fourth-order valence-corrected chi connectivity index (χ4v) is 2.34. The van der Waals surface area contributed by atoms with Gasteiger partial charge in [0.15, 0.2) is 0 Å². The van der Waals surface area contributed by atoms with E-state index in [9.17, 15) is 4.79 Å². The minimum atomic E-state index is -0.00722. The summed E-state index contributed by atoms with van der Waals surface area (Å²) in [5.41, 5.74) is 0.626. The second kappa shape index (κ2) is 7.24. The summed E-state index contributed by atoms with van der Waals surface area (Å²) in [7, 11) is 1.82. The van der Waals surface area contributed by atoms with Gasteiger partial charge < -0.3 is 15.0 Å². The van der Waals surface area contributed by atoms with Crippen molar-refractivity contribution >= 4 is 11.7 Å². The van der Waals surface area contributed by atoms with Gasteiger partial charge in [-0.15, -0.1) is 0 Å². The SMILES string of the molecule is CCCNc1ncccc1C(=O)N(C)CC1CCCO1. The molecule has 0 aromatic carbocycles. The van der Waals surface area contributed by atoms with Crippen LogP contribution in [-0.2, 0) is 4.74 Å². The molecule has 0 saturated carbocycles. The van der Waals surface area contributed by atoms with Crippen molar-refractivity contribution in [1.29, 1.82) is 0 Å². The van der Waals surface area contributed by atoms with E-state index in [4.69, 9.17) is 4.74 Å². The molecular formula is C15H23N3O2. The number of amides is 1. The summed E-state index contributed by atoms with van der Waals surface area (Å²) >= 11 is 0. The minimum absolute atomic E-state index is 0.00722. The number of nitrogens with one attached hydrogen (secondary N) is 1. The van der Waals surface area contributed by atoms with Gasteiger partial charge in [0.2, 0.25) is 0 Å². The molecule has 1 amide bonds. The Morgan fingerprint density at radius 1 is 1.60 bits per heavy atom. The number of carbonyl (C=O) groups is 1. The zero-order valence-electron chi connectivity index (χ0n) is 12.3. The number of hydrogen-bond acceptors (Lipinski definition) is 4. The molecule has 1 saturated heterocycles. The molecule has 2 rings (SSSR count). The van der Waals surface area contributed by atoms with E-state index >= 15 is 0 Å². The third kappa shape index (κ3) is 3.70. The third-order valence-corrected chi connectivity index (χ3v) is 3.43. The fourth-order valence-electron chi connectivity index (χ4n) is 2.34. The molecule has 5 nitrogen and oxygen atoms in total. The average Bonchev–Trinajstić information content (AvgIpc) is 2.97. The summed E-state index contributed by atoms with van der Waals surface area (Å²) in [6.45, 7) is 4.34. The number of ether oxygens (including phenoxy) is 1. The molecule has 1 fully saturated rings. The Balaban J connectivity index is 2.03. The quantitative estimate of drug-likeness (QED) is 0.865. The average molecular weight is 277 g/mol. The lowest BCUT2D eigenvalue weighted by Crippen LogP contribution is -2.34. The number of rotatable bonds is 6. The first-order valence-corrected chi connectivity index (χ1v) is 7.28. The maximum atomic E-state index is 12.5. The lowest BCUT2D eigenvalue weighted by atomic mass is 10.2. The van der Waals surface area contributed by atoms with E-state index < -0.39 is 0 Å². The van der Waals surface area contributed by atoms with Gasteiger partial charge in [0.05, 0.1) is 11.7 Å². The number of carbonyl (C=O) groups excluding carboxylic acids is 1. The molecule has 1 aliphatic heterocycles. The first-order valence-electron chi connectivity index (χ1n) is 7.28. The highest BCUT2D eigenvalue weighted by molar-refractivity contribution is 5.98. The van der Waals surface area contributed by atoms with Crippen LogP contribution in [0.4, 0.5) is 5.82 Å². The van der Waals surface area contributed by atoms with E-state index in [1.54, 1.807) is 17.2 Å². The van der Waals surface area contributed by atoms with Gasteiger partial charge in [-0.3, -0.25) is 4.79 Å². The van der Waals surface area contributed by atoms with Gasteiger partial charge in [0.25, 0.3) is 5.91 Å². The summed E-state index contributed by atoms with van der Waals surface area (Å²) in [6, 6.07) is 3.61. The van der Waals surface area contributed by atoms with Crippen LogP contribution in [-0.4, -0.2) is 48.6 Å². The van der Waals surface area contributed by atoms with Crippen LogP contribution >= 0.6 is 0 Å². The number of aromatic nitrogens is 1. The molecule has 110 valence electrons. The monoisotopic (exact) mass is 277 g/mol. The van der Waals surface area contributed by atoms with Crippen molar-refractivity contribution in [3.05, 3.63) is 23.9 Å². The Hall–Kier alpha value is -1.62. The smallest absolute Gasteiger partial charge is 0.257 e. The van der Waals surface area contributed by atoms with Crippen molar-refractivity contribution in [2.24, 2.45) is 0 Å². The second-order valence-corrected chi connectivity index (χ2v) is 5.15. The molecule has 0 bridgehead atoms. The van der Waals surface area contributed by atoms with Crippen LogP contribution < -0.4 is 5.32 Å². The molecule has 0 aliphatic carbocycles. The summed E-state index contributed by atoms with van der Waals surface area (Å²) < 4.78 is 5.58. The molecule has 1 N–H and O–H groups in total. The summed E-state index contributed by atoms with van der Waals surface area (Å²) in [5.74, 6) is 0.658. The molecule has 1 atom stereocenters. The molecular weight excluding hydrogens is 254 g/mol. The molecule has 2 heterocycles. The Bertz CT molecular complexity index is 444. The van der Waals surface area contributed by atoms with Crippen molar-refractivity contribution in [2.45, 2.75) is 32.3 Å². The Kier molecular flexibility index (Phi) is 5.35. The Morgan fingerprint density at radius 2 is 2.45 bits per heavy atom. The molecule has 0 spiro atoms. The molecule has 0 radical (unpaired) electrons. The van der Waals surface area contributed by atoms with Crippen molar-refractivity contribution in [3.8, 4) is 0 Å².